The molecule has 2 heterocycles. The fourth-order valence-electron chi connectivity index (χ4n) is 2.56. The molecule has 0 fully saturated rings. The van der Waals surface area contributed by atoms with Gasteiger partial charge >= 0.3 is 0 Å². The van der Waals surface area contributed by atoms with E-state index < -0.39 is 0 Å². The highest BCUT2D eigenvalue weighted by molar-refractivity contribution is 5.65. The number of hydrogen-bond donors (Lipinski definition) is 0. The lowest BCUT2D eigenvalue weighted by Crippen LogP contribution is -2.00. The van der Waals surface area contributed by atoms with Crippen LogP contribution in [0.15, 0.2) is 79.1 Å². The molecule has 0 aliphatic carbocycles. The van der Waals surface area contributed by atoms with Gasteiger partial charge in [0.1, 0.15) is 5.69 Å². The Kier molecular flexibility index (Phi) is 3.16. The standard InChI is InChI=1S/C19H15N3/c1-3-7-15(8-4-1)13-22-12-11-17-18(14-22)21-19(20-17)16-9-5-2-6-10-16/h1-12,14H,13H2. The molecule has 0 amide bonds. The second-order valence-electron chi connectivity index (χ2n) is 5.29. The Morgan fingerprint density at radius 3 is 2.18 bits per heavy atom. The van der Waals surface area contributed by atoms with Gasteiger partial charge in [0.25, 0.3) is 0 Å². The van der Waals surface area contributed by atoms with Gasteiger partial charge in [0, 0.05) is 24.5 Å². The smallest absolute Gasteiger partial charge is 0.160 e. The summed E-state index contributed by atoms with van der Waals surface area (Å²) in [5.41, 5.74) is 4.18. The minimum absolute atomic E-state index is 0.785. The highest BCUT2D eigenvalue weighted by atomic mass is 15.0. The van der Waals surface area contributed by atoms with Crippen LogP contribution in [0.3, 0.4) is 0 Å². The number of aromatic nitrogens is 3. The van der Waals surface area contributed by atoms with E-state index in [1.54, 1.807) is 0 Å². The highest BCUT2D eigenvalue weighted by Gasteiger charge is 2.12. The Balaban J connectivity index is 1.69. The van der Waals surface area contributed by atoms with Crippen molar-refractivity contribution in [1.82, 2.24) is 14.5 Å². The maximum absolute atomic E-state index is 4.65. The van der Waals surface area contributed by atoms with E-state index in [1.807, 2.05) is 42.5 Å². The summed E-state index contributed by atoms with van der Waals surface area (Å²) in [6.07, 6.45) is 4.11. The predicted octanol–water partition coefficient (Wildman–Crippen LogP) is 4.10. The van der Waals surface area contributed by atoms with Crippen LogP contribution < -0.4 is 0 Å². The maximum atomic E-state index is 4.65. The lowest BCUT2D eigenvalue weighted by atomic mass is 10.2. The van der Waals surface area contributed by atoms with E-state index in [9.17, 15) is 0 Å². The van der Waals surface area contributed by atoms with Gasteiger partial charge in [-0.15, -0.1) is 0 Å². The number of fused-ring (bicyclic) bond motifs is 1. The summed E-state index contributed by atoms with van der Waals surface area (Å²) >= 11 is 0. The van der Waals surface area contributed by atoms with Crippen molar-refractivity contribution in [2.75, 3.05) is 0 Å². The minimum atomic E-state index is 0.785. The summed E-state index contributed by atoms with van der Waals surface area (Å²) < 4.78 is 2.14. The summed E-state index contributed by atoms with van der Waals surface area (Å²) in [7, 11) is 0. The number of imidazole rings is 1. The predicted molar refractivity (Wildman–Crippen MR) is 87.6 cm³/mol. The van der Waals surface area contributed by atoms with E-state index in [0.29, 0.717) is 0 Å². The molecular formula is C19H15N3. The minimum Gasteiger partial charge on any atom is -0.348 e. The van der Waals surface area contributed by atoms with Crippen molar-refractivity contribution in [3.63, 3.8) is 0 Å². The maximum Gasteiger partial charge on any atom is 0.160 e. The third kappa shape index (κ3) is 2.49. The van der Waals surface area contributed by atoms with Crippen LogP contribution in [0.4, 0.5) is 0 Å². The molecule has 2 aliphatic rings. The van der Waals surface area contributed by atoms with E-state index in [1.165, 1.54) is 5.56 Å². The Morgan fingerprint density at radius 2 is 1.41 bits per heavy atom. The molecule has 3 nitrogen and oxygen atoms in total. The first-order chi connectivity index (χ1) is 10.9. The molecule has 0 saturated carbocycles. The number of benzene rings is 2. The van der Waals surface area contributed by atoms with Crippen LogP contribution in [0.25, 0.3) is 22.8 Å². The first kappa shape index (κ1) is 12.8. The molecule has 0 bridgehead atoms. The van der Waals surface area contributed by atoms with Crippen LogP contribution in [-0.2, 0) is 6.54 Å². The van der Waals surface area contributed by atoms with Crippen molar-refractivity contribution >= 4 is 0 Å². The van der Waals surface area contributed by atoms with Crippen molar-refractivity contribution in [3.8, 4) is 22.8 Å². The van der Waals surface area contributed by atoms with Crippen molar-refractivity contribution in [1.29, 1.82) is 0 Å². The normalized spacial score (nSPS) is 10.9. The molecular weight excluding hydrogens is 270 g/mol. The Labute approximate surface area is 129 Å². The van der Waals surface area contributed by atoms with Crippen molar-refractivity contribution in [2.24, 2.45) is 0 Å². The van der Waals surface area contributed by atoms with Crippen LogP contribution in [0, 0.1) is 0 Å². The third-order valence-corrected chi connectivity index (χ3v) is 3.67. The van der Waals surface area contributed by atoms with Crippen LogP contribution >= 0.6 is 0 Å². The number of hydrogen-bond acceptors (Lipinski definition) is 2. The average Bonchev–Trinajstić information content (AvgIpc) is 3.00. The van der Waals surface area contributed by atoms with Gasteiger partial charge in [-0.05, 0) is 11.6 Å². The second kappa shape index (κ2) is 5.45. The quantitative estimate of drug-likeness (QED) is 0.567. The van der Waals surface area contributed by atoms with Crippen molar-refractivity contribution in [2.45, 2.75) is 6.54 Å². The van der Waals surface area contributed by atoms with Crippen LogP contribution in [0.1, 0.15) is 5.56 Å². The van der Waals surface area contributed by atoms with Crippen molar-refractivity contribution in [3.05, 3.63) is 84.7 Å². The number of nitrogens with zero attached hydrogens (tertiary/aromatic N) is 3. The van der Waals surface area contributed by atoms with Crippen LogP contribution in [0.5, 0.6) is 0 Å². The van der Waals surface area contributed by atoms with Crippen LogP contribution in [-0.4, -0.2) is 14.5 Å². The molecule has 106 valence electrons. The van der Waals surface area contributed by atoms with Gasteiger partial charge in [0.2, 0.25) is 0 Å². The number of rotatable bonds is 3. The van der Waals surface area contributed by atoms with Gasteiger partial charge in [0.15, 0.2) is 5.82 Å². The summed E-state index contributed by atoms with van der Waals surface area (Å²) in [4.78, 5) is 9.26. The van der Waals surface area contributed by atoms with Gasteiger partial charge in [-0.1, -0.05) is 60.7 Å². The zero-order valence-corrected chi connectivity index (χ0v) is 12.1. The van der Waals surface area contributed by atoms with Gasteiger partial charge in [-0.3, -0.25) is 0 Å². The molecule has 0 spiro atoms. The summed E-state index contributed by atoms with van der Waals surface area (Å²) in [6.45, 7) is 0.838. The first-order valence-electron chi connectivity index (χ1n) is 7.31. The molecule has 0 N–H and O–H groups in total. The lowest BCUT2D eigenvalue weighted by Gasteiger charge is -2.07. The van der Waals surface area contributed by atoms with Gasteiger partial charge < -0.3 is 4.57 Å². The van der Waals surface area contributed by atoms with Gasteiger partial charge in [-0.2, -0.15) is 0 Å². The fraction of sp³-hybridized carbons (Fsp3) is 0.0526. The van der Waals surface area contributed by atoms with E-state index in [2.05, 4.69) is 51.2 Å². The average molecular weight is 285 g/mol. The molecule has 3 heteroatoms. The molecule has 0 radical (unpaired) electrons. The molecule has 2 aromatic carbocycles. The monoisotopic (exact) mass is 285 g/mol. The zero-order valence-electron chi connectivity index (χ0n) is 12.1. The summed E-state index contributed by atoms with van der Waals surface area (Å²) in [5.74, 6) is 0.785. The lowest BCUT2D eigenvalue weighted by molar-refractivity contribution is 0.789. The molecule has 0 atom stereocenters. The molecule has 2 aliphatic heterocycles. The molecule has 22 heavy (non-hydrogen) atoms. The first-order valence-corrected chi connectivity index (χ1v) is 7.31. The van der Waals surface area contributed by atoms with Gasteiger partial charge in [0.05, 0.1) is 5.69 Å². The Morgan fingerprint density at radius 1 is 0.727 bits per heavy atom. The number of pyridine rings is 1. The highest BCUT2D eigenvalue weighted by Crippen LogP contribution is 2.24. The summed E-state index contributed by atoms with van der Waals surface area (Å²) in [5, 5.41) is 0. The molecule has 0 saturated heterocycles. The van der Waals surface area contributed by atoms with Crippen molar-refractivity contribution < 1.29 is 0 Å². The van der Waals surface area contributed by atoms with Crippen LogP contribution in [0.2, 0.25) is 0 Å². The molecule has 0 aromatic heterocycles. The molecule has 0 unspecified atom stereocenters. The third-order valence-electron chi connectivity index (χ3n) is 3.67. The fourth-order valence-corrected chi connectivity index (χ4v) is 2.56. The topological polar surface area (TPSA) is 30.7 Å². The van der Waals surface area contributed by atoms with E-state index in [0.717, 1.165) is 29.3 Å². The van der Waals surface area contributed by atoms with E-state index in [-0.39, 0.29) is 0 Å². The summed E-state index contributed by atoms with van der Waals surface area (Å²) in [6, 6.07) is 22.5. The Hall–Kier alpha value is -2.94. The van der Waals surface area contributed by atoms with E-state index in [4.69, 9.17) is 0 Å². The molecule has 4 rings (SSSR count). The van der Waals surface area contributed by atoms with Gasteiger partial charge in [-0.25, -0.2) is 9.97 Å². The molecule has 2 aromatic rings. The zero-order chi connectivity index (χ0) is 14.8. The second-order valence-corrected chi connectivity index (χ2v) is 5.29. The Bertz CT molecular complexity index is 850. The van der Waals surface area contributed by atoms with E-state index >= 15 is 0 Å². The SMILES string of the molecule is c1ccc(Cn2ccc3nc(-c4ccccc4)nc-3c2)cc1. The largest absolute Gasteiger partial charge is 0.348 e.